The Balaban J connectivity index is 1.99. The summed E-state index contributed by atoms with van der Waals surface area (Å²) in [5.41, 5.74) is 7.27. The van der Waals surface area contributed by atoms with Crippen LogP contribution in [-0.4, -0.2) is 22.4 Å². The van der Waals surface area contributed by atoms with Crippen LogP contribution in [0.5, 0.6) is 0 Å². The molecule has 0 heterocycles. The van der Waals surface area contributed by atoms with E-state index in [2.05, 4.69) is 12.1 Å². The van der Waals surface area contributed by atoms with Gasteiger partial charge in [0.25, 0.3) is 0 Å². The Morgan fingerprint density at radius 3 is 2.65 bits per heavy atom. The van der Waals surface area contributed by atoms with Gasteiger partial charge in [-0.1, -0.05) is 44.0 Å². The number of hydrogen-bond acceptors (Lipinski definition) is 3. The van der Waals surface area contributed by atoms with Crippen LogP contribution in [0.1, 0.15) is 56.3 Å². The molecule has 1 aromatic carbocycles. The summed E-state index contributed by atoms with van der Waals surface area (Å²) >= 11 is 0. The third-order valence-corrected chi connectivity index (χ3v) is 4.62. The van der Waals surface area contributed by atoms with E-state index in [0.717, 1.165) is 44.1 Å². The molecule has 4 N–H and O–H groups in total. The molecule has 0 spiro atoms. The van der Waals surface area contributed by atoms with Crippen molar-refractivity contribution in [3.63, 3.8) is 0 Å². The molecule has 3 nitrogen and oxygen atoms in total. The smallest absolute Gasteiger partial charge is 0.0827 e. The van der Waals surface area contributed by atoms with E-state index >= 15 is 0 Å². The van der Waals surface area contributed by atoms with Crippen molar-refractivity contribution in [2.75, 3.05) is 6.54 Å². The Kier molecular flexibility index (Phi) is 5.19. The summed E-state index contributed by atoms with van der Waals surface area (Å²) in [5.74, 6) is 0.0595. The number of benzene rings is 1. The molecule has 0 amide bonds. The fraction of sp³-hybridized carbons (Fsp3) is 0.647. The Hall–Kier alpha value is -0.900. The molecule has 0 saturated heterocycles. The van der Waals surface area contributed by atoms with Crippen LogP contribution in [0.25, 0.3) is 0 Å². The second-order valence-electron chi connectivity index (χ2n) is 6.33. The van der Waals surface area contributed by atoms with Gasteiger partial charge < -0.3 is 15.9 Å². The quantitative estimate of drug-likeness (QED) is 0.748. The first kappa shape index (κ1) is 15.5. The highest BCUT2D eigenvalue weighted by atomic mass is 16.3. The maximum Gasteiger partial charge on any atom is 0.0827 e. The minimum atomic E-state index is -0.505. The molecule has 1 fully saturated rings. The molecule has 112 valence electrons. The molecule has 20 heavy (non-hydrogen) atoms. The van der Waals surface area contributed by atoms with Crippen molar-refractivity contribution in [2.45, 2.75) is 57.2 Å². The summed E-state index contributed by atoms with van der Waals surface area (Å²) in [7, 11) is 0. The molecule has 1 aliphatic carbocycles. The van der Waals surface area contributed by atoms with E-state index in [1.807, 2.05) is 19.1 Å². The lowest BCUT2D eigenvalue weighted by Gasteiger charge is -2.22. The van der Waals surface area contributed by atoms with Crippen LogP contribution in [0.2, 0.25) is 0 Å². The van der Waals surface area contributed by atoms with Crippen LogP contribution < -0.4 is 5.73 Å². The number of nitrogens with two attached hydrogens (primary N) is 1. The molecule has 2 atom stereocenters. The highest BCUT2D eigenvalue weighted by Gasteiger charge is 2.30. The van der Waals surface area contributed by atoms with Crippen LogP contribution in [0, 0.1) is 5.92 Å². The van der Waals surface area contributed by atoms with Crippen molar-refractivity contribution in [2.24, 2.45) is 11.7 Å². The zero-order chi connectivity index (χ0) is 14.6. The second kappa shape index (κ2) is 6.70. The number of aliphatic hydroxyl groups excluding tert-OH is 1. The van der Waals surface area contributed by atoms with Gasteiger partial charge in [0.05, 0.1) is 11.7 Å². The molecule has 0 aromatic heterocycles. The highest BCUT2D eigenvalue weighted by molar-refractivity contribution is 5.26. The molecule has 0 radical (unpaired) electrons. The minimum Gasteiger partial charge on any atom is -0.390 e. The zero-order valence-electron chi connectivity index (χ0n) is 12.4. The van der Waals surface area contributed by atoms with E-state index in [1.165, 1.54) is 5.56 Å². The van der Waals surface area contributed by atoms with Gasteiger partial charge in [0, 0.05) is 0 Å². The van der Waals surface area contributed by atoms with Crippen LogP contribution >= 0.6 is 0 Å². The van der Waals surface area contributed by atoms with Gasteiger partial charge in [-0.25, -0.2) is 0 Å². The molecular weight excluding hydrogens is 250 g/mol. The Bertz CT molecular complexity index is 427. The van der Waals surface area contributed by atoms with Crippen LogP contribution in [0.15, 0.2) is 24.3 Å². The third-order valence-electron chi connectivity index (χ3n) is 4.62. The van der Waals surface area contributed by atoms with Gasteiger partial charge >= 0.3 is 0 Å². The van der Waals surface area contributed by atoms with Gasteiger partial charge in [-0.05, 0) is 49.3 Å². The number of aliphatic hydroxyl groups is 2. The molecule has 2 rings (SSSR count). The minimum absolute atomic E-state index is 0.0595. The topological polar surface area (TPSA) is 66.5 Å². The summed E-state index contributed by atoms with van der Waals surface area (Å²) in [6.45, 7) is 2.43. The predicted molar refractivity (Wildman–Crippen MR) is 81.4 cm³/mol. The monoisotopic (exact) mass is 277 g/mol. The van der Waals surface area contributed by atoms with Crippen molar-refractivity contribution in [3.8, 4) is 0 Å². The molecule has 0 unspecified atom stereocenters. The van der Waals surface area contributed by atoms with Gasteiger partial charge in [-0.3, -0.25) is 0 Å². The van der Waals surface area contributed by atoms with Crippen molar-refractivity contribution in [3.05, 3.63) is 35.4 Å². The molecule has 1 aliphatic rings. The lowest BCUT2D eigenvalue weighted by Crippen LogP contribution is -2.24. The van der Waals surface area contributed by atoms with E-state index in [9.17, 15) is 10.2 Å². The van der Waals surface area contributed by atoms with E-state index in [4.69, 9.17) is 5.73 Å². The fourth-order valence-corrected chi connectivity index (χ4v) is 3.05. The van der Waals surface area contributed by atoms with Gasteiger partial charge in [0.2, 0.25) is 0 Å². The second-order valence-corrected chi connectivity index (χ2v) is 6.33. The SMILES string of the molecule is C[C@H](CN)[C@@H](O)c1cccc(CCC2(O)CCCC2)c1. The molecular formula is C17H27NO2. The molecule has 0 aliphatic heterocycles. The Labute approximate surface area is 121 Å². The zero-order valence-corrected chi connectivity index (χ0v) is 12.4. The summed E-state index contributed by atoms with van der Waals surface area (Å²) < 4.78 is 0. The number of rotatable bonds is 6. The van der Waals surface area contributed by atoms with Crippen molar-refractivity contribution >= 4 is 0 Å². The largest absolute Gasteiger partial charge is 0.390 e. The van der Waals surface area contributed by atoms with Gasteiger partial charge in [-0.2, -0.15) is 0 Å². The van der Waals surface area contributed by atoms with E-state index in [1.54, 1.807) is 0 Å². The van der Waals surface area contributed by atoms with Gasteiger partial charge in [-0.15, -0.1) is 0 Å². The number of hydrogen-bond donors (Lipinski definition) is 3. The normalized spacial score (nSPS) is 20.8. The third kappa shape index (κ3) is 3.81. The molecule has 3 heteroatoms. The van der Waals surface area contributed by atoms with Crippen LogP contribution in [0.4, 0.5) is 0 Å². The van der Waals surface area contributed by atoms with E-state index < -0.39 is 11.7 Å². The highest BCUT2D eigenvalue weighted by Crippen LogP contribution is 2.33. The van der Waals surface area contributed by atoms with Gasteiger partial charge in [0.1, 0.15) is 0 Å². The molecule has 1 saturated carbocycles. The number of aryl methyl sites for hydroxylation is 1. The average Bonchev–Trinajstić information content (AvgIpc) is 2.91. The van der Waals surface area contributed by atoms with E-state index in [0.29, 0.717) is 6.54 Å². The molecule has 0 bridgehead atoms. The first-order valence-corrected chi connectivity index (χ1v) is 7.73. The summed E-state index contributed by atoms with van der Waals surface area (Å²) in [6, 6.07) is 8.05. The van der Waals surface area contributed by atoms with E-state index in [-0.39, 0.29) is 5.92 Å². The lowest BCUT2D eigenvalue weighted by atomic mass is 9.91. The fourth-order valence-electron chi connectivity index (χ4n) is 3.05. The van der Waals surface area contributed by atoms with Gasteiger partial charge in [0.15, 0.2) is 0 Å². The maximum atomic E-state index is 10.4. The Morgan fingerprint density at radius 2 is 2.00 bits per heavy atom. The summed E-state index contributed by atoms with van der Waals surface area (Å²) in [4.78, 5) is 0. The van der Waals surface area contributed by atoms with Crippen molar-refractivity contribution < 1.29 is 10.2 Å². The summed E-state index contributed by atoms with van der Waals surface area (Å²) in [5, 5.41) is 20.6. The van der Waals surface area contributed by atoms with Crippen LogP contribution in [0.3, 0.4) is 0 Å². The summed E-state index contributed by atoms with van der Waals surface area (Å²) in [6.07, 6.45) is 5.33. The van der Waals surface area contributed by atoms with Crippen molar-refractivity contribution in [1.29, 1.82) is 0 Å². The first-order chi connectivity index (χ1) is 9.54. The van der Waals surface area contributed by atoms with Crippen molar-refractivity contribution in [1.82, 2.24) is 0 Å². The Morgan fingerprint density at radius 1 is 1.30 bits per heavy atom. The predicted octanol–water partition coefficient (Wildman–Crippen LogP) is 2.55. The average molecular weight is 277 g/mol. The standard InChI is InChI=1S/C17H27NO2/c1-13(12-18)16(19)15-6-4-5-14(11-15)7-10-17(20)8-2-3-9-17/h4-6,11,13,16,19-20H,2-3,7-10,12,18H2,1H3/t13-,16-/m1/s1. The van der Waals surface area contributed by atoms with Crippen LogP contribution in [-0.2, 0) is 6.42 Å². The first-order valence-electron chi connectivity index (χ1n) is 7.73. The maximum absolute atomic E-state index is 10.4. The molecule has 1 aromatic rings. The lowest BCUT2D eigenvalue weighted by molar-refractivity contribution is 0.0391.